The number of nitrogen functional groups attached to an aromatic ring is 1. The molecule has 116 valence electrons. The monoisotopic (exact) mass is 297 g/mol. The molecule has 1 fully saturated rings. The maximum atomic E-state index is 6.01. The van der Waals surface area contributed by atoms with E-state index in [1.54, 1.807) is 0 Å². The normalized spacial score (nSPS) is 19.8. The van der Waals surface area contributed by atoms with Gasteiger partial charge in [0, 0.05) is 36.1 Å². The van der Waals surface area contributed by atoms with Gasteiger partial charge in [-0.1, -0.05) is 6.07 Å². The predicted molar refractivity (Wildman–Crippen MR) is 87.3 cm³/mol. The van der Waals surface area contributed by atoms with Crippen LogP contribution in [0.25, 0.3) is 0 Å². The molecule has 2 aromatic heterocycles. The van der Waals surface area contributed by atoms with Gasteiger partial charge in [0.1, 0.15) is 11.6 Å². The van der Waals surface area contributed by atoms with E-state index in [0.29, 0.717) is 11.7 Å². The van der Waals surface area contributed by atoms with Gasteiger partial charge in [0.15, 0.2) is 0 Å². The molecule has 1 unspecified atom stereocenters. The van der Waals surface area contributed by atoms with Gasteiger partial charge in [0.2, 0.25) is 0 Å². The SMILES string of the molecule is Cc1ncc(CN2CCCC(c3ccccn3)CC2)c(N)n1. The summed E-state index contributed by atoms with van der Waals surface area (Å²) in [4.78, 5) is 15.5. The standard InChI is InChI=1S/C17H23N5/c1-13-20-11-15(17(18)21-13)12-22-9-4-5-14(7-10-22)16-6-2-3-8-19-16/h2-3,6,8,11,14H,4-5,7,9-10,12H2,1H3,(H2,18,20,21). The van der Waals surface area contributed by atoms with Gasteiger partial charge in [-0.15, -0.1) is 0 Å². The van der Waals surface area contributed by atoms with Crippen LogP contribution in [0.1, 0.15) is 42.3 Å². The molecule has 0 radical (unpaired) electrons. The van der Waals surface area contributed by atoms with Crippen molar-refractivity contribution in [2.45, 2.75) is 38.6 Å². The van der Waals surface area contributed by atoms with Gasteiger partial charge >= 0.3 is 0 Å². The Balaban J connectivity index is 1.63. The number of aromatic nitrogens is 3. The van der Waals surface area contributed by atoms with E-state index < -0.39 is 0 Å². The molecule has 1 aliphatic rings. The van der Waals surface area contributed by atoms with Crippen molar-refractivity contribution in [2.75, 3.05) is 18.8 Å². The zero-order valence-electron chi connectivity index (χ0n) is 13.1. The summed E-state index contributed by atoms with van der Waals surface area (Å²) >= 11 is 0. The molecule has 0 aliphatic carbocycles. The molecule has 1 aliphatic heterocycles. The highest BCUT2D eigenvalue weighted by Crippen LogP contribution is 2.27. The smallest absolute Gasteiger partial charge is 0.131 e. The van der Waals surface area contributed by atoms with E-state index in [-0.39, 0.29) is 0 Å². The first kappa shape index (κ1) is 14.9. The van der Waals surface area contributed by atoms with Crippen LogP contribution in [0.3, 0.4) is 0 Å². The van der Waals surface area contributed by atoms with Gasteiger partial charge in [-0.2, -0.15) is 0 Å². The Morgan fingerprint density at radius 3 is 2.91 bits per heavy atom. The number of aryl methyl sites for hydroxylation is 1. The van der Waals surface area contributed by atoms with Crippen LogP contribution in [0, 0.1) is 6.92 Å². The van der Waals surface area contributed by atoms with Crippen LogP contribution in [0.5, 0.6) is 0 Å². The lowest BCUT2D eigenvalue weighted by atomic mass is 9.96. The molecule has 5 nitrogen and oxygen atoms in total. The Labute approximate surface area is 131 Å². The number of hydrogen-bond donors (Lipinski definition) is 1. The fraction of sp³-hybridized carbons (Fsp3) is 0.471. The molecule has 22 heavy (non-hydrogen) atoms. The Hall–Kier alpha value is -2.01. The third-order valence-electron chi connectivity index (χ3n) is 4.34. The molecule has 5 heteroatoms. The van der Waals surface area contributed by atoms with Crippen molar-refractivity contribution in [1.82, 2.24) is 19.9 Å². The molecule has 2 N–H and O–H groups in total. The van der Waals surface area contributed by atoms with E-state index in [9.17, 15) is 0 Å². The average Bonchev–Trinajstić information content (AvgIpc) is 2.77. The Kier molecular flexibility index (Phi) is 4.63. The van der Waals surface area contributed by atoms with Crippen LogP contribution in [0.4, 0.5) is 5.82 Å². The third-order valence-corrected chi connectivity index (χ3v) is 4.34. The summed E-state index contributed by atoms with van der Waals surface area (Å²) in [7, 11) is 0. The maximum absolute atomic E-state index is 6.01. The second-order valence-corrected chi connectivity index (χ2v) is 5.99. The van der Waals surface area contributed by atoms with E-state index in [4.69, 9.17) is 5.73 Å². The number of nitrogens with two attached hydrogens (primary N) is 1. The molecule has 0 aromatic carbocycles. The minimum atomic E-state index is 0.567. The van der Waals surface area contributed by atoms with E-state index >= 15 is 0 Å². The molecule has 0 spiro atoms. The summed E-state index contributed by atoms with van der Waals surface area (Å²) in [5.74, 6) is 1.91. The van der Waals surface area contributed by atoms with Crippen LogP contribution in [0.15, 0.2) is 30.6 Å². The molecular weight excluding hydrogens is 274 g/mol. The van der Waals surface area contributed by atoms with Crippen molar-refractivity contribution in [3.63, 3.8) is 0 Å². The molecule has 1 atom stereocenters. The van der Waals surface area contributed by atoms with E-state index in [1.807, 2.05) is 25.4 Å². The van der Waals surface area contributed by atoms with Gasteiger partial charge in [0.25, 0.3) is 0 Å². The first-order chi connectivity index (χ1) is 10.7. The fourth-order valence-corrected chi connectivity index (χ4v) is 3.10. The van der Waals surface area contributed by atoms with Crippen LogP contribution < -0.4 is 5.73 Å². The van der Waals surface area contributed by atoms with Gasteiger partial charge in [-0.3, -0.25) is 9.88 Å². The Morgan fingerprint density at radius 1 is 1.23 bits per heavy atom. The van der Waals surface area contributed by atoms with Crippen molar-refractivity contribution < 1.29 is 0 Å². The van der Waals surface area contributed by atoms with Crippen LogP contribution in [-0.2, 0) is 6.54 Å². The van der Waals surface area contributed by atoms with E-state index in [1.165, 1.54) is 18.5 Å². The van der Waals surface area contributed by atoms with E-state index in [2.05, 4.69) is 32.0 Å². The van der Waals surface area contributed by atoms with Crippen LogP contribution in [-0.4, -0.2) is 32.9 Å². The van der Waals surface area contributed by atoms with Crippen molar-refractivity contribution >= 4 is 5.82 Å². The van der Waals surface area contributed by atoms with Crippen LogP contribution >= 0.6 is 0 Å². The topological polar surface area (TPSA) is 67.9 Å². The fourth-order valence-electron chi connectivity index (χ4n) is 3.10. The Morgan fingerprint density at radius 2 is 2.14 bits per heavy atom. The zero-order chi connectivity index (χ0) is 15.4. The summed E-state index contributed by atoms with van der Waals surface area (Å²) in [6.45, 7) is 4.86. The molecule has 3 rings (SSSR count). The summed E-state index contributed by atoms with van der Waals surface area (Å²) in [5, 5.41) is 0. The maximum Gasteiger partial charge on any atom is 0.131 e. The molecular formula is C17H23N5. The van der Waals surface area contributed by atoms with Gasteiger partial charge in [0.05, 0.1) is 0 Å². The van der Waals surface area contributed by atoms with E-state index in [0.717, 1.165) is 37.4 Å². The Bertz CT molecular complexity index is 614. The second kappa shape index (κ2) is 6.83. The molecule has 0 bridgehead atoms. The minimum Gasteiger partial charge on any atom is -0.383 e. The summed E-state index contributed by atoms with van der Waals surface area (Å²) in [6.07, 6.45) is 7.28. The number of hydrogen-bond acceptors (Lipinski definition) is 5. The third kappa shape index (κ3) is 3.60. The first-order valence-electron chi connectivity index (χ1n) is 7.93. The summed E-state index contributed by atoms with van der Waals surface area (Å²) in [6, 6.07) is 6.20. The number of pyridine rings is 1. The highest BCUT2D eigenvalue weighted by atomic mass is 15.1. The van der Waals surface area contributed by atoms with Gasteiger partial charge in [-0.05, 0) is 51.4 Å². The molecule has 1 saturated heterocycles. The van der Waals surface area contributed by atoms with Crippen molar-refractivity contribution in [2.24, 2.45) is 0 Å². The van der Waals surface area contributed by atoms with Crippen molar-refractivity contribution in [3.8, 4) is 0 Å². The highest BCUT2D eigenvalue weighted by molar-refractivity contribution is 5.37. The second-order valence-electron chi connectivity index (χ2n) is 5.99. The lowest BCUT2D eigenvalue weighted by Crippen LogP contribution is -2.25. The highest BCUT2D eigenvalue weighted by Gasteiger charge is 2.20. The molecule has 3 heterocycles. The molecule has 2 aromatic rings. The van der Waals surface area contributed by atoms with Gasteiger partial charge < -0.3 is 5.73 Å². The number of nitrogens with zero attached hydrogens (tertiary/aromatic N) is 4. The number of anilines is 1. The molecule has 0 saturated carbocycles. The lowest BCUT2D eigenvalue weighted by molar-refractivity contribution is 0.275. The average molecular weight is 297 g/mol. The number of rotatable bonds is 3. The zero-order valence-corrected chi connectivity index (χ0v) is 13.1. The van der Waals surface area contributed by atoms with Crippen molar-refractivity contribution in [3.05, 3.63) is 47.7 Å². The first-order valence-corrected chi connectivity index (χ1v) is 7.93. The lowest BCUT2D eigenvalue weighted by Gasteiger charge is -2.20. The summed E-state index contributed by atoms with van der Waals surface area (Å²) in [5.41, 5.74) is 8.26. The quantitative estimate of drug-likeness (QED) is 0.943. The minimum absolute atomic E-state index is 0.567. The largest absolute Gasteiger partial charge is 0.383 e. The van der Waals surface area contributed by atoms with Crippen molar-refractivity contribution in [1.29, 1.82) is 0 Å². The van der Waals surface area contributed by atoms with Crippen LogP contribution in [0.2, 0.25) is 0 Å². The predicted octanol–water partition coefficient (Wildman–Crippen LogP) is 2.53. The number of likely N-dealkylation sites (tertiary alicyclic amines) is 1. The van der Waals surface area contributed by atoms with Gasteiger partial charge in [-0.25, -0.2) is 9.97 Å². The molecule has 0 amide bonds. The summed E-state index contributed by atoms with van der Waals surface area (Å²) < 4.78 is 0.